The zero-order valence-corrected chi connectivity index (χ0v) is 10.3. The van der Waals surface area contributed by atoms with Gasteiger partial charge in [0, 0.05) is 11.3 Å². The number of benzene rings is 1. The van der Waals surface area contributed by atoms with Gasteiger partial charge in [0.25, 0.3) is 0 Å². The number of aromatic nitrogens is 2. The number of nitrogens with zero attached hydrogens (tertiary/aromatic N) is 2. The Labute approximate surface area is 109 Å². The van der Waals surface area contributed by atoms with E-state index in [0.717, 1.165) is 0 Å². The number of nitrogens with two attached hydrogens (primary N) is 1. The quantitative estimate of drug-likeness (QED) is 0.639. The summed E-state index contributed by atoms with van der Waals surface area (Å²) in [6.45, 7) is 1.50. The summed E-state index contributed by atoms with van der Waals surface area (Å²) in [6, 6.07) is 6.83. The number of carbonyl (C=O) groups excluding carboxylic acids is 2. The first-order valence-electron chi connectivity index (χ1n) is 5.55. The van der Waals surface area contributed by atoms with E-state index in [-0.39, 0.29) is 17.2 Å². The van der Waals surface area contributed by atoms with Crippen LogP contribution in [0, 0.1) is 0 Å². The van der Waals surface area contributed by atoms with Crippen molar-refractivity contribution in [3.05, 3.63) is 41.7 Å². The minimum absolute atomic E-state index is 0.00795. The van der Waals surface area contributed by atoms with Gasteiger partial charge in [0.1, 0.15) is 18.0 Å². The SMILES string of the molecule is CC(=O)c1ccc(Nc2ncnc(N)c2C=O)cc1. The molecule has 96 valence electrons. The standard InChI is InChI=1S/C13H12N4O2/c1-8(19)9-2-4-10(5-3-9)17-13-11(6-18)12(14)15-7-16-13/h2-7H,1H3,(H3,14,15,16,17). The molecule has 2 rings (SSSR count). The molecule has 6 nitrogen and oxygen atoms in total. The van der Waals surface area contributed by atoms with Crippen molar-refractivity contribution >= 4 is 29.4 Å². The van der Waals surface area contributed by atoms with Crippen LogP contribution in [0.1, 0.15) is 27.6 Å². The van der Waals surface area contributed by atoms with Crippen LogP contribution < -0.4 is 11.1 Å². The molecular weight excluding hydrogens is 244 g/mol. The van der Waals surface area contributed by atoms with E-state index in [0.29, 0.717) is 23.4 Å². The first kappa shape index (κ1) is 12.7. The summed E-state index contributed by atoms with van der Waals surface area (Å²) in [4.78, 5) is 29.8. The number of Topliss-reactive ketones (excluding diaryl/α,β-unsaturated/α-hetero) is 1. The Balaban J connectivity index is 2.28. The van der Waals surface area contributed by atoms with Crippen LogP contribution in [-0.4, -0.2) is 22.0 Å². The summed E-state index contributed by atoms with van der Waals surface area (Å²) in [5.74, 6) is 0.442. The maximum absolute atomic E-state index is 11.2. The van der Waals surface area contributed by atoms with Crippen LogP contribution in [0.4, 0.5) is 17.3 Å². The number of hydrogen-bond donors (Lipinski definition) is 2. The Morgan fingerprint density at radius 2 is 1.95 bits per heavy atom. The zero-order valence-electron chi connectivity index (χ0n) is 10.3. The second kappa shape index (κ2) is 5.26. The van der Waals surface area contributed by atoms with Crippen molar-refractivity contribution in [2.45, 2.75) is 6.92 Å². The smallest absolute Gasteiger partial charge is 0.159 e. The highest BCUT2D eigenvalue weighted by Gasteiger charge is 2.08. The molecule has 1 aromatic heterocycles. The molecule has 19 heavy (non-hydrogen) atoms. The number of nitrogens with one attached hydrogen (secondary N) is 1. The third kappa shape index (κ3) is 2.74. The lowest BCUT2D eigenvalue weighted by Gasteiger charge is -2.08. The lowest BCUT2D eigenvalue weighted by atomic mass is 10.1. The summed E-state index contributed by atoms with van der Waals surface area (Å²) < 4.78 is 0. The van der Waals surface area contributed by atoms with Crippen LogP contribution in [0.25, 0.3) is 0 Å². The minimum Gasteiger partial charge on any atom is -0.383 e. The van der Waals surface area contributed by atoms with E-state index in [4.69, 9.17) is 5.73 Å². The van der Waals surface area contributed by atoms with Crippen molar-refractivity contribution in [2.24, 2.45) is 0 Å². The second-order valence-corrected chi connectivity index (χ2v) is 3.90. The average molecular weight is 256 g/mol. The van der Waals surface area contributed by atoms with Crippen molar-refractivity contribution in [3.63, 3.8) is 0 Å². The van der Waals surface area contributed by atoms with Crippen molar-refractivity contribution in [1.82, 2.24) is 9.97 Å². The van der Waals surface area contributed by atoms with Crippen LogP contribution in [0.15, 0.2) is 30.6 Å². The Morgan fingerprint density at radius 1 is 1.26 bits per heavy atom. The average Bonchev–Trinajstić information content (AvgIpc) is 2.39. The molecule has 1 heterocycles. The second-order valence-electron chi connectivity index (χ2n) is 3.90. The van der Waals surface area contributed by atoms with Crippen molar-refractivity contribution in [3.8, 4) is 0 Å². The monoisotopic (exact) mass is 256 g/mol. The normalized spacial score (nSPS) is 9.95. The van der Waals surface area contributed by atoms with Gasteiger partial charge < -0.3 is 11.1 Å². The fourth-order valence-corrected chi connectivity index (χ4v) is 1.55. The molecule has 2 aromatic rings. The van der Waals surface area contributed by atoms with Gasteiger partial charge in [-0.2, -0.15) is 0 Å². The largest absolute Gasteiger partial charge is 0.383 e. The molecule has 0 saturated carbocycles. The zero-order chi connectivity index (χ0) is 13.8. The number of nitrogen functional groups attached to an aromatic ring is 1. The Morgan fingerprint density at radius 3 is 2.53 bits per heavy atom. The number of ketones is 1. The van der Waals surface area contributed by atoms with Gasteiger partial charge >= 0.3 is 0 Å². The number of aldehydes is 1. The third-order valence-corrected chi connectivity index (χ3v) is 2.59. The van der Waals surface area contributed by atoms with Crippen LogP contribution in [0.3, 0.4) is 0 Å². The summed E-state index contributed by atoms with van der Waals surface area (Å²) >= 11 is 0. The van der Waals surface area contributed by atoms with E-state index >= 15 is 0 Å². The molecule has 0 bridgehead atoms. The molecule has 0 radical (unpaired) electrons. The molecule has 0 saturated heterocycles. The van der Waals surface area contributed by atoms with Crippen LogP contribution in [0.2, 0.25) is 0 Å². The van der Waals surface area contributed by atoms with E-state index in [9.17, 15) is 9.59 Å². The molecule has 0 amide bonds. The Bertz CT molecular complexity index is 623. The van der Waals surface area contributed by atoms with Crippen LogP contribution in [-0.2, 0) is 0 Å². The van der Waals surface area contributed by atoms with Gasteiger partial charge in [0.2, 0.25) is 0 Å². The molecule has 0 aliphatic rings. The summed E-state index contributed by atoms with van der Waals surface area (Å²) in [5.41, 5.74) is 7.10. The van der Waals surface area contributed by atoms with Crippen molar-refractivity contribution in [1.29, 1.82) is 0 Å². The Kier molecular flexibility index (Phi) is 3.51. The molecule has 0 aliphatic heterocycles. The molecule has 1 aromatic carbocycles. The van der Waals surface area contributed by atoms with E-state index in [1.807, 2.05) is 0 Å². The minimum atomic E-state index is -0.00795. The molecular formula is C13H12N4O2. The molecule has 0 unspecified atom stereocenters. The maximum atomic E-state index is 11.2. The molecule has 0 spiro atoms. The number of hydrogen-bond acceptors (Lipinski definition) is 6. The van der Waals surface area contributed by atoms with Crippen molar-refractivity contribution in [2.75, 3.05) is 11.1 Å². The Hall–Kier alpha value is -2.76. The van der Waals surface area contributed by atoms with Crippen LogP contribution in [0.5, 0.6) is 0 Å². The molecule has 3 N–H and O–H groups in total. The van der Waals surface area contributed by atoms with Gasteiger partial charge in [-0.25, -0.2) is 9.97 Å². The summed E-state index contributed by atoms with van der Waals surface area (Å²) in [6.07, 6.45) is 1.87. The molecule has 6 heteroatoms. The summed E-state index contributed by atoms with van der Waals surface area (Å²) in [7, 11) is 0. The highest BCUT2D eigenvalue weighted by atomic mass is 16.1. The molecule has 0 aliphatic carbocycles. The van der Waals surface area contributed by atoms with E-state index in [1.165, 1.54) is 13.3 Å². The lowest BCUT2D eigenvalue weighted by Crippen LogP contribution is -2.04. The van der Waals surface area contributed by atoms with Crippen LogP contribution >= 0.6 is 0 Å². The van der Waals surface area contributed by atoms with Gasteiger partial charge in [0.05, 0.1) is 5.56 Å². The highest BCUT2D eigenvalue weighted by Crippen LogP contribution is 2.20. The van der Waals surface area contributed by atoms with Gasteiger partial charge in [-0.15, -0.1) is 0 Å². The highest BCUT2D eigenvalue weighted by molar-refractivity contribution is 5.94. The predicted octanol–water partition coefficient (Wildman–Crippen LogP) is 1.82. The maximum Gasteiger partial charge on any atom is 0.159 e. The van der Waals surface area contributed by atoms with Gasteiger partial charge in [-0.05, 0) is 31.2 Å². The number of carbonyl (C=O) groups is 2. The molecule has 0 fully saturated rings. The van der Waals surface area contributed by atoms with Gasteiger partial charge in [0.15, 0.2) is 12.1 Å². The van der Waals surface area contributed by atoms with E-state index in [1.54, 1.807) is 24.3 Å². The lowest BCUT2D eigenvalue weighted by molar-refractivity contribution is 0.101. The number of anilines is 3. The van der Waals surface area contributed by atoms with E-state index in [2.05, 4.69) is 15.3 Å². The van der Waals surface area contributed by atoms with Gasteiger partial charge in [-0.1, -0.05) is 0 Å². The van der Waals surface area contributed by atoms with Crippen molar-refractivity contribution < 1.29 is 9.59 Å². The third-order valence-electron chi connectivity index (χ3n) is 2.59. The summed E-state index contributed by atoms with van der Waals surface area (Å²) in [5, 5.41) is 2.96. The predicted molar refractivity (Wildman–Crippen MR) is 71.6 cm³/mol. The van der Waals surface area contributed by atoms with E-state index < -0.39 is 0 Å². The first-order chi connectivity index (χ1) is 9.11. The fraction of sp³-hybridized carbons (Fsp3) is 0.0769. The fourth-order valence-electron chi connectivity index (χ4n) is 1.55. The topological polar surface area (TPSA) is 98.0 Å². The number of rotatable bonds is 4. The van der Waals surface area contributed by atoms with Gasteiger partial charge in [-0.3, -0.25) is 9.59 Å². The molecule has 0 atom stereocenters. The first-order valence-corrected chi connectivity index (χ1v) is 5.55.